The minimum absolute atomic E-state index is 0.0319. The molecule has 0 heterocycles. The third-order valence-corrected chi connectivity index (χ3v) is 13.0. The van der Waals surface area contributed by atoms with Crippen molar-refractivity contribution in [3.8, 4) is 44.9 Å². The maximum absolute atomic E-state index is 11.8. The number of carbonyl (C=O) groups is 2. The molecule has 0 radical (unpaired) electrons. The van der Waals surface area contributed by atoms with Crippen molar-refractivity contribution in [1.82, 2.24) is 0 Å². The lowest BCUT2D eigenvalue weighted by atomic mass is 9.65. The summed E-state index contributed by atoms with van der Waals surface area (Å²) in [6, 6.07) is 59.8. The van der Waals surface area contributed by atoms with E-state index in [4.69, 9.17) is 28.4 Å². The first-order valence-corrected chi connectivity index (χ1v) is 24.4. The van der Waals surface area contributed by atoms with Crippen molar-refractivity contribution in [2.24, 2.45) is 0 Å². The Labute approximate surface area is 425 Å². The predicted molar refractivity (Wildman–Crippen MR) is 286 cm³/mol. The Kier molecular flexibility index (Phi) is 15.6. The number of fused-ring (bicyclic) bond motifs is 5. The van der Waals surface area contributed by atoms with Gasteiger partial charge in [0.1, 0.15) is 50.1 Å². The van der Waals surface area contributed by atoms with Gasteiger partial charge in [-0.05, 0) is 105 Å². The third-order valence-electron chi connectivity index (χ3n) is 13.0. The maximum atomic E-state index is 11.8. The molecule has 1 aliphatic carbocycles. The fourth-order valence-corrected chi connectivity index (χ4v) is 9.68. The lowest BCUT2D eigenvalue weighted by Gasteiger charge is -2.36. The van der Waals surface area contributed by atoms with Crippen LogP contribution in [0.3, 0.4) is 0 Å². The predicted octanol–water partition coefficient (Wildman–Crippen LogP) is 11.4. The quantitative estimate of drug-likeness (QED) is 0.0385. The van der Waals surface area contributed by atoms with Crippen molar-refractivity contribution in [2.45, 2.75) is 31.5 Å². The molecular formula is C63H58O10. The van der Waals surface area contributed by atoms with Gasteiger partial charge in [-0.25, -0.2) is 9.59 Å². The molecule has 10 nitrogen and oxygen atoms in total. The van der Waals surface area contributed by atoms with E-state index in [1.54, 1.807) is 13.8 Å². The van der Waals surface area contributed by atoms with Crippen LogP contribution in [-0.4, -0.2) is 87.2 Å². The standard InChI is InChI=1S/C63H58O10/c1-41(2)61(66)72-39-47(64)37-68-31-33-70-59-25-13-19-49-53(59)21-11-23-55(49)63(56-24-12-22-54-50(56)20-14-26-60(54)71-34-32-69-38-48(65)40-73-62(67)42(3)4)57-35-45(43-15-7-5-8-16-43)27-29-51(57)52-30-28-46(36-58(52)63)44-17-9-6-10-18-44/h5-30,35-36,47-48,64-65H,1,3,31-34,37-40H2,2,4H3. The van der Waals surface area contributed by atoms with Crippen LogP contribution in [0.2, 0.25) is 0 Å². The lowest BCUT2D eigenvalue weighted by Crippen LogP contribution is -2.29. The van der Waals surface area contributed by atoms with E-state index in [1.807, 2.05) is 36.4 Å². The molecule has 8 aromatic carbocycles. The number of benzene rings is 8. The number of hydrogen-bond acceptors (Lipinski definition) is 10. The van der Waals surface area contributed by atoms with Crippen LogP contribution < -0.4 is 9.47 Å². The fraction of sp³-hybridized carbons (Fsp3) is 0.206. The van der Waals surface area contributed by atoms with Gasteiger partial charge in [0.2, 0.25) is 0 Å². The minimum atomic E-state index is -0.995. The van der Waals surface area contributed by atoms with Crippen LogP contribution >= 0.6 is 0 Å². The number of aliphatic hydroxyl groups is 2. The highest BCUT2D eigenvalue weighted by Gasteiger charge is 2.48. The number of esters is 2. The molecule has 1 aliphatic rings. The van der Waals surface area contributed by atoms with Crippen LogP contribution in [0.25, 0.3) is 54.9 Å². The Hall–Kier alpha value is -7.86. The average molecular weight is 975 g/mol. The van der Waals surface area contributed by atoms with Crippen LogP contribution in [0, 0.1) is 0 Å². The Morgan fingerprint density at radius 3 is 1.25 bits per heavy atom. The molecule has 0 bridgehead atoms. The Morgan fingerprint density at radius 2 is 0.836 bits per heavy atom. The summed E-state index contributed by atoms with van der Waals surface area (Å²) in [6.07, 6.45) is -1.99. The van der Waals surface area contributed by atoms with Crippen molar-refractivity contribution in [2.75, 3.05) is 52.9 Å². The van der Waals surface area contributed by atoms with Crippen LogP contribution in [0.1, 0.15) is 36.1 Å². The van der Waals surface area contributed by atoms with Crippen LogP contribution in [0.4, 0.5) is 0 Å². The largest absolute Gasteiger partial charge is 0.491 e. The van der Waals surface area contributed by atoms with E-state index < -0.39 is 29.6 Å². The number of ether oxygens (including phenoxy) is 6. The Balaban J connectivity index is 1.15. The molecule has 0 aliphatic heterocycles. The first-order valence-electron chi connectivity index (χ1n) is 24.4. The van der Waals surface area contributed by atoms with Gasteiger partial charge in [-0.15, -0.1) is 0 Å². The fourth-order valence-electron chi connectivity index (χ4n) is 9.68. The molecule has 0 spiro atoms. The molecule has 2 unspecified atom stereocenters. The molecule has 8 aromatic rings. The molecule has 10 heteroatoms. The maximum Gasteiger partial charge on any atom is 0.333 e. The van der Waals surface area contributed by atoms with Gasteiger partial charge in [-0.1, -0.05) is 159 Å². The average Bonchev–Trinajstić information content (AvgIpc) is 3.73. The van der Waals surface area contributed by atoms with Crippen molar-refractivity contribution in [3.05, 3.63) is 216 Å². The normalized spacial score (nSPS) is 13.2. The summed E-state index contributed by atoms with van der Waals surface area (Å²) < 4.78 is 34.7. The van der Waals surface area contributed by atoms with Gasteiger partial charge >= 0.3 is 11.9 Å². The lowest BCUT2D eigenvalue weighted by molar-refractivity contribution is -0.143. The molecule has 2 atom stereocenters. The first kappa shape index (κ1) is 50.1. The van der Waals surface area contributed by atoms with E-state index in [-0.39, 0.29) is 64.0 Å². The van der Waals surface area contributed by atoms with E-state index in [9.17, 15) is 19.8 Å². The second-order valence-electron chi connectivity index (χ2n) is 18.2. The van der Waals surface area contributed by atoms with Gasteiger partial charge < -0.3 is 38.6 Å². The summed E-state index contributed by atoms with van der Waals surface area (Å²) in [6.45, 7) is 10.6. The van der Waals surface area contributed by atoms with E-state index in [1.165, 1.54) is 0 Å². The molecule has 0 amide bonds. The molecule has 73 heavy (non-hydrogen) atoms. The zero-order valence-electron chi connectivity index (χ0n) is 41.1. The zero-order chi connectivity index (χ0) is 50.9. The SMILES string of the molecule is C=C(C)C(=O)OCC(O)COCCOc1cccc2c(C3(c4cccc5c(OCCOCC(O)COC(=O)C(=C)C)cccc45)c4cc(-c5ccccc5)ccc4-c4ccc(-c5ccccc5)cc43)cccc12. The Bertz CT molecular complexity index is 3070. The second-order valence-corrected chi connectivity index (χ2v) is 18.2. The molecule has 0 saturated heterocycles. The molecule has 370 valence electrons. The zero-order valence-corrected chi connectivity index (χ0v) is 41.1. The number of hydrogen-bond donors (Lipinski definition) is 2. The van der Waals surface area contributed by atoms with Gasteiger partial charge in [-0.2, -0.15) is 0 Å². The van der Waals surface area contributed by atoms with Crippen LogP contribution in [-0.2, 0) is 34.0 Å². The number of aliphatic hydroxyl groups excluding tert-OH is 2. The third kappa shape index (κ3) is 10.7. The van der Waals surface area contributed by atoms with Gasteiger partial charge in [0.15, 0.2) is 0 Å². The van der Waals surface area contributed by atoms with Gasteiger partial charge in [-0.3, -0.25) is 0 Å². The first-order chi connectivity index (χ1) is 35.5. The highest BCUT2D eigenvalue weighted by Crippen LogP contribution is 2.60. The van der Waals surface area contributed by atoms with Crippen LogP contribution in [0.5, 0.6) is 11.5 Å². The minimum Gasteiger partial charge on any atom is -0.491 e. The van der Waals surface area contributed by atoms with Gasteiger partial charge in [0.25, 0.3) is 0 Å². The van der Waals surface area contributed by atoms with E-state index in [2.05, 4.69) is 147 Å². The summed E-state index contributed by atoms with van der Waals surface area (Å²) in [5.41, 5.74) is 10.7. The summed E-state index contributed by atoms with van der Waals surface area (Å²) in [4.78, 5) is 23.7. The summed E-state index contributed by atoms with van der Waals surface area (Å²) in [5.74, 6) is 0.234. The molecule has 2 N–H and O–H groups in total. The smallest absolute Gasteiger partial charge is 0.333 e. The van der Waals surface area contributed by atoms with Crippen molar-refractivity contribution >= 4 is 33.5 Å². The topological polar surface area (TPSA) is 130 Å². The van der Waals surface area contributed by atoms with Gasteiger partial charge in [0, 0.05) is 21.9 Å². The number of rotatable bonds is 22. The molecular weight excluding hydrogens is 917 g/mol. The van der Waals surface area contributed by atoms with Gasteiger partial charge in [0.05, 0.1) is 31.8 Å². The summed E-state index contributed by atoms with van der Waals surface area (Å²) >= 11 is 0. The molecule has 0 saturated carbocycles. The van der Waals surface area contributed by atoms with Crippen LogP contribution in [0.15, 0.2) is 194 Å². The molecule has 9 rings (SSSR count). The van der Waals surface area contributed by atoms with E-state index in [0.717, 1.165) is 77.2 Å². The molecule has 0 aromatic heterocycles. The van der Waals surface area contributed by atoms with E-state index in [0.29, 0.717) is 11.5 Å². The second kappa shape index (κ2) is 22.7. The summed E-state index contributed by atoms with van der Waals surface area (Å²) in [5, 5.41) is 24.6. The van der Waals surface area contributed by atoms with Crippen molar-refractivity contribution in [3.63, 3.8) is 0 Å². The molecule has 0 fully saturated rings. The number of carbonyl (C=O) groups excluding carboxylic acids is 2. The summed E-state index contributed by atoms with van der Waals surface area (Å²) in [7, 11) is 0. The highest BCUT2D eigenvalue weighted by molar-refractivity contribution is 6.02. The Morgan fingerprint density at radius 1 is 0.438 bits per heavy atom. The monoisotopic (exact) mass is 974 g/mol. The highest BCUT2D eigenvalue weighted by atomic mass is 16.6. The van der Waals surface area contributed by atoms with Crippen molar-refractivity contribution in [1.29, 1.82) is 0 Å². The van der Waals surface area contributed by atoms with E-state index >= 15 is 0 Å². The van der Waals surface area contributed by atoms with Crippen molar-refractivity contribution < 1.29 is 48.2 Å².